The number of hydrogen-bond acceptors (Lipinski definition) is 6. The van der Waals surface area contributed by atoms with Crippen LogP contribution >= 0.6 is 12.2 Å². The summed E-state index contributed by atoms with van der Waals surface area (Å²) in [5, 5.41) is 5.20. The van der Waals surface area contributed by atoms with Gasteiger partial charge < -0.3 is 10.2 Å². The molecule has 1 aliphatic rings. The summed E-state index contributed by atoms with van der Waals surface area (Å²) in [6.45, 7) is -0.443. The molecule has 0 unspecified atom stereocenters. The van der Waals surface area contributed by atoms with Crippen molar-refractivity contribution in [1.29, 1.82) is 0 Å². The number of amides is 3. The largest absolute Gasteiger partial charge is 0.352 e. The molecule has 0 saturated heterocycles. The zero-order chi connectivity index (χ0) is 19.4. The van der Waals surface area contributed by atoms with E-state index in [1.54, 1.807) is 42.5 Å². The number of carbonyl (C=O) groups is 4. The summed E-state index contributed by atoms with van der Waals surface area (Å²) < 4.78 is 0. The highest BCUT2D eigenvalue weighted by atomic mass is 32.1. The second-order valence-electron chi connectivity index (χ2n) is 5.42. The maximum absolute atomic E-state index is 12.1. The summed E-state index contributed by atoms with van der Waals surface area (Å²) in [7, 11) is 0. The van der Waals surface area contributed by atoms with Gasteiger partial charge in [0, 0.05) is 5.56 Å². The molecule has 0 saturated carbocycles. The molecule has 8 nitrogen and oxygen atoms in total. The number of thiocarbonyl (C=S) groups is 1. The summed E-state index contributed by atoms with van der Waals surface area (Å²) >= 11 is 4.94. The number of hydrogen-bond donors (Lipinski definition) is 2. The van der Waals surface area contributed by atoms with E-state index < -0.39 is 30.2 Å². The number of nitrogens with zero attached hydrogens (tertiary/aromatic N) is 1. The molecule has 0 aromatic heterocycles. The highest BCUT2D eigenvalue weighted by molar-refractivity contribution is 7.80. The first-order chi connectivity index (χ1) is 13.0. The summed E-state index contributed by atoms with van der Waals surface area (Å²) in [5.74, 6) is -2.80. The first-order valence-corrected chi connectivity index (χ1v) is 8.21. The summed E-state index contributed by atoms with van der Waals surface area (Å²) in [4.78, 5) is 52.9. The van der Waals surface area contributed by atoms with Crippen LogP contribution in [0, 0.1) is 0 Å². The van der Waals surface area contributed by atoms with Crippen LogP contribution in [0.1, 0.15) is 31.1 Å². The molecule has 1 aliphatic heterocycles. The molecule has 0 spiro atoms. The summed E-state index contributed by atoms with van der Waals surface area (Å²) in [6, 6.07) is 14.5. The third-order valence-corrected chi connectivity index (χ3v) is 3.85. The molecule has 27 heavy (non-hydrogen) atoms. The maximum atomic E-state index is 12.1. The van der Waals surface area contributed by atoms with Gasteiger partial charge in [-0.05, 0) is 36.5 Å². The zero-order valence-electron chi connectivity index (χ0n) is 13.8. The van der Waals surface area contributed by atoms with E-state index in [0.717, 1.165) is 0 Å². The fourth-order valence-electron chi connectivity index (χ4n) is 2.35. The van der Waals surface area contributed by atoms with Crippen LogP contribution in [0.5, 0.6) is 0 Å². The van der Waals surface area contributed by atoms with Crippen LogP contribution in [0.15, 0.2) is 54.6 Å². The van der Waals surface area contributed by atoms with Crippen LogP contribution in [-0.4, -0.2) is 40.4 Å². The Kier molecular flexibility index (Phi) is 5.23. The van der Waals surface area contributed by atoms with Crippen molar-refractivity contribution in [3.05, 3.63) is 71.3 Å². The van der Waals surface area contributed by atoms with Crippen molar-refractivity contribution >= 4 is 41.0 Å². The van der Waals surface area contributed by atoms with Gasteiger partial charge in [0.25, 0.3) is 17.7 Å². The molecule has 3 amide bonds. The van der Waals surface area contributed by atoms with Crippen LogP contribution in [0.2, 0.25) is 0 Å². The third-order valence-electron chi connectivity index (χ3n) is 3.61. The van der Waals surface area contributed by atoms with E-state index in [2.05, 4.69) is 10.6 Å². The number of hydroxylamine groups is 2. The lowest BCUT2D eigenvalue weighted by Crippen LogP contribution is -2.43. The molecule has 2 aromatic rings. The van der Waals surface area contributed by atoms with E-state index in [4.69, 9.17) is 17.1 Å². The van der Waals surface area contributed by atoms with Gasteiger partial charge in [0.1, 0.15) is 6.54 Å². The Hall–Kier alpha value is -3.59. The lowest BCUT2D eigenvalue weighted by molar-refractivity contribution is -0.166. The molecule has 2 N–H and O–H groups in total. The monoisotopic (exact) mass is 383 g/mol. The van der Waals surface area contributed by atoms with Crippen LogP contribution < -0.4 is 10.6 Å². The Morgan fingerprint density at radius 2 is 1.48 bits per heavy atom. The van der Waals surface area contributed by atoms with Gasteiger partial charge in [-0.1, -0.05) is 35.4 Å². The van der Waals surface area contributed by atoms with E-state index in [9.17, 15) is 19.2 Å². The predicted molar refractivity (Wildman–Crippen MR) is 97.5 cm³/mol. The first-order valence-electron chi connectivity index (χ1n) is 7.80. The molecule has 0 fully saturated rings. The lowest BCUT2D eigenvalue weighted by atomic mass is 10.1. The highest BCUT2D eigenvalue weighted by Crippen LogP contribution is 2.22. The minimum atomic E-state index is -0.916. The Morgan fingerprint density at radius 1 is 0.926 bits per heavy atom. The Labute approximate surface area is 159 Å². The fourth-order valence-corrected chi connectivity index (χ4v) is 2.51. The standard InChI is InChI=1S/C18H13N3O5S/c22-14(10-19-18(27)20-15(23)11-6-2-1-3-7-11)26-21-16(24)12-8-4-5-9-13(12)17(21)25/h1-9H,10H2,(H2,19,20,23,27). The van der Waals surface area contributed by atoms with Crippen molar-refractivity contribution in [2.24, 2.45) is 0 Å². The Morgan fingerprint density at radius 3 is 2.07 bits per heavy atom. The number of benzene rings is 2. The van der Waals surface area contributed by atoms with E-state index in [0.29, 0.717) is 10.6 Å². The third kappa shape index (κ3) is 3.98. The van der Waals surface area contributed by atoms with Crippen molar-refractivity contribution in [1.82, 2.24) is 15.7 Å². The van der Waals surface area contributed by atoms with Crippen molar-refractivity contribution in [3.8, 4) is 0 Å². The molecule has 0 bridgehead atoms. The predicted octanol–water partition coefficient (Wildman–Crippen LogP) is 1.05. The molecule has 136 valence electrons. The fraction of sp³-hybridized carbons (Fsp3) is 0.0556. The van der Waals surface area contributed by atoms with Crippen LogP contribution in [-0.2, 0) is 9.63 Å². The quantitative estimate of drug-likeness (QED) is 0.600. The van der Waals surface area contributed by atoms with E-state index in [-0.39, 0.29) is 16.2 Å². The molecule has 2 aromatic carbocycles. The number of nitrogens with one attached hydrogen (secondary N) is 2. The Bertz CT molecular complexity index is 910. The second-order valence-corrected chi connectivity index (χ2v) is 5.82. The SMILES string of the molecule is O=C(CNC(=S)NC(=O)c1ccccc1)ON1C(=O)c2ccccc2C1=O. The average Bonchev–Trinajstić information content (AvgIpc) is 2.92. The molecule has 0 radical (unpaired) electrons. The maximum Gasteiger partial charge on any atom is 0.352 e. The molecular formula is C18H13N3O5S. The van der Waals surface area contributed by atoms with Gasteiger partial charge in [0.15, 0.2) is 5.11 Å². The van der Waals surface area contributed by atoms with Crippen molar-refractivity contribution in [2.45, 2.75) is 0 Å². The number of rotatable bonds is 4. The molecule has 0 aliphatic carbocycles. The highest BCUT2D eigenvalue weighted by Gasteiger charge is 2.38. The van der Waals surface area contributed by atoms with E-state index in [1.807, 2.05) is 0 Å². The summed E-state index contributed by atoms with van der Waals surface area (Å²) in [6.07, 6.45) is 0. The van der Waals surface area contributed by atoms with Gasteiger partial charge in [0.2, 0.25) is 0 Å². The van der Waals surface area contributed by atoms with Gasteiger partial charge in [-0.15, -0.1) is 0 Å². The molecular weight excluding hydrogens is 370 g/mol. The normalized spacial score (nSPS) is 12.4. The Balaban J connectivity index is 1.50. The van der Waals surface area contributed by atoms with Gasteiger partial charge in [-0.3, -0.25) is 19.7 Å². The van der Waals surface area contributed by atoms with E-state index >= 15 is 0 Å². The lowest BCUT2D eigenvalue weighted by Gasteiger charge is -2.14. The van der Waals surface area contributed by atoms with Crippen molar-refractivity contribution in [2.75, 3.05) is 6.54 Å². The molecule has 1 heterocycles. The molecule has 9 heteroatoms. The number of imide groups is 1. The van der Waals surface area contributed by atoms with Crippen LogP contribution in [0.25, 0.3) is 0 Å². The molecule has 0 atom stereocenters. The zero-order valence-corrected chi connectivity index (χ0v) is 14.6. The van der Waals surface area contributed by atoms with Crippen molar-refractivity contribution < 1.29 is 24.0 Å². The minimum Gasteiger partial charge on any atom is -0.352 e. The van der Waals surface area contributed by atoms with Crippen LogP contribution in [0.3, 0.4) is 0 Å². The molecule has 3 rings (SSSR count). The van der Waals surface area contributed by atoms with Crippen molar-refractivity contribution in [3.63, 3.8) is 0 Å². The van der Waals surface area contributed by atoms with Crippen LogP contribution in [0.4, 0.5) is 0 Å². The van der Waals surface area contributed by atoms with Gasteiger partial charge in [-0.25, -0.2) is 4.79 Å². The van der Waals surface area contributed by atoms with Gasteiger partial charge in [-0.2, -0.15) is 0 Å². The topological polar surface area (TPSA) is 105 Å². The first kappa shape index (κ1) is 18.2. The number of carbonyl (C=O) groups excluding carboxylic acids is 4. The smallest absolute Gasteiger partial charge is 0.352 e. The van der Waals surface area contributed by atoms with Gasteiger partial charge >= 0.3 is 5.97 Å². The summed E-state index contributed by atoms with van der Waals surface area (Å²) in [5.41, 5.74) is 0.720. The average molecular weight is 383 g/mol. The van der Waals surface area contributed by atoms with Gasteiger partial charge in [0.05, 0.1) is 11.1 Å². The number of fused-ring (bicyclic) bond motifs is 1. The van der Waals surface area contributed by atoms with E-state index in [1.165, 1.54) is 12.1 Å². The minimum absolute atomic E-state index is 0.0943. The second kappa shape index (κ2) is 7.75.